The van der Waals surface area contributed by atoms with E-state index in [9.17, 15) is 23.2 Å². The van der Waals surface area contributed by atoms with Gasteiger partial charge in [-0.1, -0.05) is 30.3 Å². The molecule has 3 rings (SSSR count). The van der Waals surface area contributed by atoms with Gasteiger partial charge in [0.1, 0.15) is 0 Å². The predicted octanol–water partition coefficient (Wildman–Crippen LogP) is 2.14. The lowest BCUT2D eigenvalue weighted by atomic mass is 10.1. The minimum atomic E-state index is -1.07. The first kappa shape index (κ1) is 22.4. The van der Waals surface area contributed by atoms with Gasteiger partial charge < -0.3 is 10.2 Å². The number of hydrogen-bond donors (Lipinski definition) is 2. The van der Waals surface area contributed by atoms with E-state index in [-0.39, 0.29) is 5.56 Å². The Morgan fingerprint density at radius 2 is 1.65 bits per heavy atom. The zero-order chi connectivity index (χ0) is 22.4. The van der Waals surface area contributed by atoms with Crippen LogP contribution in [0.25, 0.3) is 0 Å². The number of carbonyl (C=O) groups excluding carboxylic acids is 3. The van der Waals surface area contributed by atoms with Crippen LogP contribution in [0.5, 0.6) is 0 Å². The van der Waals surface area contributed by atoms with Crippen LogP contribution in [0.2, 0.25) is 0 Å². The van der Waals surface area contributed by atoms with Crippen molar-refractivity contribution in [2.24, 2.45) is 0 Å². The summed E-state index contributed by atoms with van der Waals surface area (Å²) in [6, 6.07) is 11.2. The van der Waals surface area contributed by atoms with Crippen LogP contribution in [-0.2, 0) is 11.3 Å². The van der Waals surface area contributed by atoms with Crippen LogP contribution in [0.15, 0.2) is 48.5 Å². The maximum atomic E-state index is 13.4. The number of amides is 4. The van der Waals surface area contributed by atoms with Gasteiger partial charge >= 0.3 is 6.03 Å². The average molecular weight is 430 g/mol. The van der Waals surface area contributed by atoms with Crippen LogP contribution in [0.1, 0.15) is 22.8 Å². The highest BCUT2D eigenvalue weighted by Crippen LogP contribution is 2.14. The van der Waals surface area contributed by atoms with Crippen molar-refractivity contribution in [3.63, 3.8) is 0 Å². The molecule has 0 spiro atoms. The van der Waals surface area contributed by atoms with E-state index in [0.717, 1.165) is 17.7 Å². The van der Waals surface area contributed by atoms with Crippen LogP contribution in [0.3, 0.4) is 0 Å². The van der Waals surface area contributed by atoms with Crippen molar-refractivity contribution in [2.45, 2.75) is 19.5 Å². The van der Waals surface area contributed by atoms with E-state index in [1.807, 2.05) is 35.2 Å². The van der Waals surface area contributed by atoms with Crippen LogP contribution < -0.4 is 10.6 Å². The summed E-state index contributed by atoms with van der Waals surface area (Å²) in [4.78, 5) is 40.3. The highest BCUT2D eigenvalue weighted by molar-refractivity contribution is 5.97. The summed E-state index contributed by atoms with van der Waals surface area (Å²) < 4.78 is 26.5. The first-order chi connectivity index (χ1) is 14.8. The average Bonchev–Trinajstić information content (AvgIpc) is 2.79. The molecule has 31 heavy (non-hydrogen) atoms. The Morgan fingerprint density at radius 1 is 0.968 bits per heavy atom. The second-order valence-corrected chi connectivity index (χ2v) is 7.29. The largest absolute Gasteiger partial charge is 0.336 e. The van der Waals surface area contributed by atoms with E-state index in [2.05, 4.69) is 10.6 Å². The van der Waals surface area contributed by atoms with Gasteiger partial charge in [-0.25, -0.2) is 13.6 Å². The van der Waals surface area contributed by atoms with Gasteiger partial charge in [0.2, 0.25) is 5.91 Å². The zero-order valence-electron chi connectivity index (χ0n) is 17.1. The molecule has 0 aromatic heterocycles. The third-order valence-electron chi connectivity index (χ3n) is 5.23. The minimum absolute atomic E-state index is 0.0771. The summed E-state index contributed by atoms with van der Waals surface area (Å²) in [6.45, 7) is 3.47. The van der Waals surface area contributed by atoms with Crippen LogP contribution in [0, 0.1) is 11.6 Å². The number of carbonyl (C=O) groups is 3. The molecular weight excluding hydrogens is 406 g/mol. The molecular formula is C22H24F2N4O3. The van der Waals surface area contributed by atoms with E-state index < -0.39 is 35.5 Å². The quantitative estimate of drug-likeness (QED) is 0.762. The third-order valence-corrected chi connectivity index (χ3v) is 5.23. The Kier molecular flexibility index (Phi) is 7.30. The lowest BCUT2D eigenvalue weighted by molar-refractivity contribution is -0.125. The Morgan fingerprint density at radius 3 is 2.29 bits per heavy atom. The topological polar surface area (TPSA) is 81.8 Å². The predicted molar refractivity (Wildman–Crippen MR) is 110 cm³/mol. The molecule has 1 saturated heterocycles. The fraction of sp³-hybridized carbons (Fsp3) is 0.318. The third kappa shape index (κ3) is 5.85. The molecule has 2 aromatic rings. The molecule has 9 heteroatoms. The molecule has 0 aliphatic carbocycles. The van der Waals surface area contributed by atoms with E-state index in [1.165, 1.54) is 11.0 Å². The molecule has 1 aliphatic rings. The maximum absolute atomic E-state index is 13.4. The number of imide groups is 1. The fourth-order valence-corrected chi connectivity index (χ4v) is 3.33. The molecule has 1 fully saturated rings. The second-order valence-electron chi connectivity index (χ2n) is 7.29. The highest BCUT2D eigenvalue weighted by Gasteiger charge is 2.28. The molecule has 0 saturated carbocycles. The number of rotatable bonds is 5. The number of nitrogens with zero attached hydrogens (tertiary/aromatic N) is 2. The van der Waals surface area contributed by atoms with Crippen molar-refractivity contribution in [3.05, 3.63) is 71.3 Å². The Balaban J connectivity index is 1.46. The Hall–Kier alpha value is -3.33. The van der Waals surface area contributed by atoms with Crippen molar-refractivity contribution in [2.75, 3.05) is 26.2 Å². The lowest BCUT2D eigenvalue weighted by Gasteiger charge is -2.37. The second kappa shape index (κ2) is 10.1. The van der Waals surface area contributed by atoms with Gasteiger partial charge in [0.15, 0.2) is 11.6 Å². The van der Waals surface area contributed by atoms with Gasteiger partial charge in [0.05, 0.1) is 6.04 Å². The molecule has 1 aliphatic heterocycles. The van der Waals surface area contributed by atoms with Crippen molar-refractivity contribution in [1.82, 2.24) is 20.4 Å². The summed E-state index contributed by atoms with van der Waals surface area (Å²) in [6.07, 6.45) is 0. The number of piperazine rings is 1. The van der Waals surface area contributed by atoms with E-state index >= 15 is 0 Å². The molecule has 4 amide bonds. The van der Waals surface area contributed by atoms with Crippen LogP contribution in [0.4, 0.5) is 13.6 Å². The molecule has 164 valence electrons. The molecule has 1 heterocycles. The lowest BCUT2D eigenvalue weighted by Crippen LogP contribution is -2.56. The number of urea groups is 1. The van der Waals surface area contributed by atoms with E-state index in [4.69, 9.17) is 0 Å². The normalized spacial score (nSPS) is 15.3. The monoisotopic (exact) mass is 430 g/mol. The minimum Gasteiger partial charge on any atom is -0.336 e. The number of hydrogen-bond acceptors (Lipinski definition) is 4. The summed E-state index contributed by atoms with van der Waals surface area (Å²) in [7, 11) is 0. The van der Waals surface area contributed by atoms with Gasteiger partial charge in [-0.05, 0) is 30.7 Å². The molecule has 0 bridgehead atoms. The summed E-state index contributed by atoms with van der Waals surface area (Å²) in [5.41, 5.74) is 0.994. The van der Waals surface area contributed by atoms with Crippen molar-refractivity contribution in [1.29, 1.82) is 0 Å². The zero-order valence-corrected chi connectivity index (χ0v) is 17.1. The number of nitrogens with one attached hydrogen (secondary N) is 2. The van der Waals surface area contributed by atoms with Gasteiger partial charge in [-0.15, -0.1) is 0 Å². The van der Waals surface area contributed by atoms with E-state index in [0.29, 0.717) is 32.7 Å². The smallest absolute Gasteiger partial charge is 0.321 e. The Bertz CT molecular complexity index is 947. The molecule has 7 nitrogen and oxygen atoms in total. The van der Waals surface area contributed by atoms with Gasteiger partial charge in [-0.3, -0.25) is 19.8 Å². The number of halogens is 2. The summed E-state index contributed by atoms with van der Waals surface area (Å²) in [5, 5.41) is 4.97. The van der Waals surface area contributed by atoms with Crippen molar-refractivity contribution < 1.29 is 23.2 Å². The first-order valence-electron chi connectivity index (χ1n) is 9.96. The molecule has 0 radical (unpaired) electrons. The standard InChI is InChI=1S/C22H24F2N4O3/c1-15(20(29)26-22(31)25-14-16-5-3-2-4-6-16)27-9-11-28(12-10-27)21(30)17-7-8-18(23)19(24)13-17/h2-8,13,15H,9-12,14H2,1H3,(H2,25,26,29,31). The summed E-state index contributed by atoms with van der Waals surface area (Å²) in [5.74, 6) is -2.91. The van der Waals surface area contributed by atoms with Crippen molar-refractivity contribution >= 4 is 17.8 Å². The molecule has 2 aromatic carbocycles. The summed E-state index contributed by atoms with van der Waals surface area (Å²) >= 11 is 0. The highest BCUT2D eigenvalue weighted by atomic mass is 19.2. The van der Waals surface area contributed by atoms with Gasteiger partial charge in [0, 0.05) is 38.3 Å². The van der Waals surface area contributed by atoms with Crippen LogP contribution >= 0.6 is 0 Å². The van der Waals surface area contributed by atoms with E-state index in [1.54, 1.807) is 6.92 Å². The molecule has 1 unspecified atom stereocenters. The van der Waals surface area contributed by atoms with Gasteiger partial charge in [0.25, 0.3) is 5.91 Å². The first-order valence-corrected chi connectivity index (χ1v) is 9.96. The molecule has 1 atom stereocenters. The molecule has 2 N–H and O–H groups in total. The Labute approximate surface area is 179 Å². The van der Waals surface area contributed by atoms with Crippen molar-refractivity contribution in [3.8, 4) is 0 Å². The maximum Gasteiger partial charge on any atom is 0.321 e. The van der Waals surface area contributed by atoms with Gasteiger partial charge in [-0.2, -0.15) is 0 Å². The fourth-order valence-electron chi connectivity index (χ4n) is 3.33. The number of benzene rings is 2. The SMILES string of the molecule is CC(C(=O)NC(=O)NCc1ccccc1)N1CCN(C(=O)c2ccc(F)c(F)c2)CC1. The van der Waals surface area contributed by atoms with Crippen LogP contribution in [-0.4, -0.2) is 59.9 Å².